The minimum absolute atomic E-state index is 0.0688. The molecule has 2 saturated heterocycles. The van der Waals surface area contributed by atoms with Crippen LogP contribution in [0.15, 0.2) is 42.7 Å². The first-order chi connectivity index (χ1) is 13.7. The number of carbonyl (C=O) groups is 2. The van der Waals surface area contributed by atoms with Crippen molar-refractivity contribution in [3.8, 4) is 0 Å². The van der Waals surface area contributed by atoms with E-state index in [0.717, 1.165) is 38.3 Å². The zero-order chi connectivity index (χ0) is 19.5. The van der Waals surface area contributed by atoms with E-state index in [-0.39, 0.29) is 24.3 Å². The van der Waals surface area contributed by atoms with Gasteiger partial charge in [-0.05, 0) is 25.3 Å². The number of benzene rings is 1. The summed E-state index contributed by atoms with van der Waals surface area (Å²) in [4.78, 5) is 33.3. The molecule has 6 nitrogen and oxygen atoms in total. The van der Waals surface area contributed by atoms with Gasteiger partial charge in [0.15, 0.2) is 0 Å². The molecule has 4 rings (SSSR count). The third-order valence-electron chi connectivity index (χ3n) is 6.11. The molecule has 0 radical (unpaired) electrons. The topological polar surface area (TPSA) is 58.4 Å². The fourth-order valence-corrected chi connectivity index (χ4v) is 4.47. The fraction of sp³-hybridized carbons (Fsp3) is 0.500. The van der Waals surface area contributed by atoms with Gasteiger partial charge in [-0.25, -0.2) is 4.98 Å². The van der Waals surface area contributed by atoms with Gasteiger partial charge in [-0.15, -0.1) is 0 Å². The van der Waals surface area contributed by atoms with Crippen molar-refractivity contribution in [1.29, 1.82) is 0 Å². The highest BCUT2D eigenvalue weighted by molar-refractivity contribution is 5.86. The van der Waals surface area contributed by atoms with Crippen molar-refractivity contribution in [1.82, 2.24) is 19.4 Å². The van der Waals surface area contributed by atoms with Gasteiger partial charge in [-0.1, -0.05) is 30.3 Å². The van der Waals surface area contributed by atoms with Gasteiger partial charge in [0.25, 0.3) is 0 Å². The number of nitrogens with zero attached hydrogens (tertiary/aromatic N) is 4. The predicted molar refractivity (Wildman–Crippen MR) is 107 cm³/mol. The van der Waals surface area contributed by atoms with Gasteiger partial charge in [0, 0.05) is 56.8 Å². The Morgan fingerprint density at radius 1 is 1.14 bits per heavy atom. The molecule has 2 aliphatic heterocycles. The van der Waals surface area contributed by atoms with E-state index in [4.69, 9.17) is 0 Å². The first-order valence-corrected chi connectivity index (χ1v) is 10.3. The summed E-state index contributed by atoms with van der Waals surface area (Å²) in [6.45, 7) is 5.37. The van der Waals surface area contributed by atoms with Crippen molar-refractivity contribution in [3.63, 3.8) is 0 Å². The summed E-state index contributed by atoms with van der Waals surface area (Å²) in [5, 5.41) is 0. The molecular formula is C22H28N4O2. The molecule has 0 spiro atoms. The number of hydrogen-bond donors (Lipinski definition) is 0. The summed E-state index contributed by atoms with van der Waals surface area (Å²) < 4.78 is 2.19. The molecular weight excluding hydrogens is 352 g/mol. The normalized spacial score (nSPS) is 20.8. The van der Waals surface area contributed by atoms with Crippen molar-refractivity contribution < 1.29 is 9.59 Å². The zero-order valence-corrected chi connectivity index (χ0v) is 16.5. The van der Waals surface area contributed by atoms with Crippen LogP contribution in [0.1, 0.15) is 49.4 Å². The molecule has 0 aliphatic carbocycles. The Bertz CT molecular complexity index is 824. The van der Waals surface area contributed by atoms with Gasteiger partial charge in [0.2, 0.25) is 11.8 Å². The summed E-state index contributed by atoms with van der Waals surface area (Å²) in [6.07, 6.45) is 6.25. The molecule has 6 heteroatoms. The molecule has 2 aromatic rings. The third-order valence-corrected chi connectivity index (χ3v) is 6.11. The lowest BCUT2D eigenvalue weighted by atomic mass is 9.96. The van der Waals surface area contributed by atoms with E-state index in [0.29, 0.717) is 18.9 Å². The quantitative estimate of drug-likeness (QED) is 0.801. The number of piperidine rings is 1. The molecule has 0 saturated carbocycles. The van der Waals surface area contributed by atoms with Gasteiger partial charge in [-0.3, -0.25) is 9.59 Å². The van der Waals surface area contributed by atoms with Crippen molar-refractivity contribution >= 4 is 11.8 Å². The fourth-order valence-electron chi connectivity index (χ4n) is 4.47. The number of imidazole rings is 1. The van der Waals surface area contributed by atoms with Gasteiger partial charge >= 0.3 is 0 Å². The number of aryl methyl sites for hydroxylation is 1. The Morgan fingerprint density at radius 3 is 2.61 bits per heavy atom. The molecule has 2 fully saturated rings. The average Bonchev–Trinajstić information content (AvgIpc) is 3.35. The van der Waals surface area contributed by atoms with Crippen LogP contribution in [-0.4, -0.2) is 57.3 Å². The Kier molecular flexibility index (Phi) is 5.46. The number of likely N-dealkylation sites (tertiary alicyclic amines) is 2. The minimum Gasteiger partial charge on any atom is -0.341 e. The van der Waals surface area contributed by atoms with E-state index in [1.807, 2.05) is 35.5 Å². The number of amides is 2. The first-order valence-electron chi connectivity index (χ1n) is 10.3. The Balaban J connectivity index is 1.31. The lowest BCUT2D eigenvalue weighted by molar-refractivity contribution is -0.139. The van der Waals surface area contributed by atoms with Crippen LogP contribution in [0.3, 0.4) is 0 Å². The third kappa shape index (κ3) is 3.81. The number of rotatable bonds is 5. The van der Waals surface area contributed by atoms with Crippen molar-refractivity contribution in [3.05, 3.63) is 54.1 Å². The highest BCUT2D eigenvalue weighted by Gasteiger charge is 2.33. The first kappa shape index (κ1) is 18.7. The summed E-state index contributed by atoms with van der Waals surface area (Å²) >= 11 is 0. The second kappa shape index (κ2) is 8.17. The van der Waals surface area contributed by atoms with Crippen molar-refractivity contribution in [2.75, 3.05) is 26.2 Å². The lowest BCUT2D eigenvalue weighted by Gasteiger charge is -2.33. The lowest BCUT2D eigenvalue weighted by Crippen LogP contribution is -2.44. The molecule has 0 unspecified atom stereocenters. The molecule has 0 bridgehead atoms. The van der Waals surface area contributed by atoms with Crippen LogP contribution in [0.25, 0.3) is 0 Å². The molecule has 2 amide bonds. The molecule has 0 N–H and O–H groups in total. The minimum atomic E-state index is 0.0688. The maximum absolute atomic E-state index is 12.8. The maximum atomic E-state index is 12.8. The van der Waals surface area contributed by atoms with Crippen LogP contribution >= 0.6 is 0 Å². The molecule has 2 aliphatic rings. The van der Waals surface area contributed by atoms with Crippen LogP contribution < -0.4 is 0 Å². The summed E-state index contributed by atoms with van der Waals surface area (Å²) in [6, 6.07) is 10.1. The Labute approximate surface area is 166 Å². The van der Waals surface area contributed by atoms with E-state index in [9.17, 15) is 9.59 Å². The van der Waals surface area contributed by atoms with E-state index in [1.54, 1.807) is 4.90 Å². The summed E-state index contributed by atoms with van der Waals surface area (Å²) in [7, 11) is 0. The number of aromatic nitrogens is 2. The monoisotopic (exact) mass is 380 g/mol. The van der Waals surface area contributed by atoms with E-state index in [2.05, 4.69) is 28.6 Å². The number of hydrogen-bond acceptors (Lipinski definition) is 3. The molecule has 28 heavy (non-hydrogen) atoms. The van der Waals surface area contributed by atoms with Crippen molar-refractivity contribution in [2.24, 2.45) is 0 Å². The smallest absolute Gasteiger partial charge is 0.242 e. The van der Waals surface area contributed by atoms with Crippen LogP contribution in [0.5, 0.6) is 0 Å². The molecule has 3 heterocycles. The molecule has 1 aromatic carbocycles. The highest BCUT2D eigenvalue weighted by Crippen LogP contribution is 2.29. The molecule has 1 aromatic heterocycles. The van der Waals surface area contributed by atoms with E-state index < -0.39 is 0 Å². The largest absolute Gasteiger partial charge is 0.341 e. The van der Waals surface area contributed by atoms with Gasteiger partial charge < -0.3 is 14.4 Å². The second-order valence-corrected chi connectivity index (χ2v) is 7.81. The van der Waals surface area contributed by atoms with E-state index >= 15 is 0 Å². The predicted octanol–water partition coefficient (Wildman–Crippen LogP) is 2.63. The number of carbonyl (C=O) groups excluding carboxylic acids is 2. The Morgan fingerprint density at radius 2 is 1.89 bits per heavy atom. The molecule has 1 atom stereocenters. The van der Waals surface area contributed by atoms with Gasteiger partial charge in [-0.2, -0.15) is 0 Å². The van der Waals surface area contributed by atoms with Crippen LogP contribution in [0.2, 0.25) is 0 Å². The second-order valence-electron chi connectivity index (χ2n) is 7.81. The van der Waals surface area contributed by atoms with Gasteiger partial charge in [0.1, 0.15) is 5.82 Å². The van der Waals surface area contributed by atoms with Gasteiger partial charge in [0.05, 0.1) is 6.54 Å². The molecule has 148 valence electrons. The maximum Gasteiger partial charge on any atom is 0.242 e. The van der Waals surface area contributed by atoms with E-state index in [1.165, 1.54) is 5.56 Å². The van der Waals surface area contributed by atoms with Crippen LogP contribution in [0.4, 0.5) is 0 Å². The Hall–Kier alpha value is -2.63. The van der Waals surface area contributed by atoms with Crippen LogP contribution in [0, 0.1) is 0 Å². The van der Waals surface area contributed by atoms with Crippen molar-refractivity contribution in [2.45, 2.75) is 44.6 Å². The summed E-state index contributed by atoms with van der Waals surface area (Å²) in [5.74, 6) is 1.89. The summed E-state index contributed by atoms with van der Waals surface area (Å²) in [5.41, 5.74) is 1.18. The standard InChI is InChI=1S/C22H28N4O2/c1-2-24-13-10-23-22(24)18-8-11-25(12-9-18)21(28)16-26-15-19(14-20(26)27)17-6-4-3-5-7-17/h3-7,10,13,18-19H,2,8-9,11-12,14-16H2,1H3/t19-/m0/s1. The van der Waals surface area contributed by atoms with Crippen LogP contribution in [-0.2, 0) is 16.1 Å². The zero-order valence-electron chi connectivity index (χ0n) is 16.5. The average molecular weight is 380 g/mol. The highest BCUT2D eigenvalue weighted by atomic mass is 16.2. The SMILES string of the molecule is CCn1ccnc1C1CCN(C(=O)CN2C[C@@H](c3ccccc3)CC2=O)CC1.